The second kappa shape index (κ2) is 11.5. The van der Waals surface area contributed by atoms with Gasteiger partial charge in [-0.25, -0.2) is 4.98 Å². The van der Waals surface area contributed by atoms with Gasteiger partial charge in [-0.1, -0.05) is 29.8 Å². The first-order valence-corrected chi connectivity index (χ1v) is 13.1. The smallest absolute Gasteiger partial charge is 0.258 e. The van der Waals surface area contributed by atoms with E-state index >= 15 is 0 Å². The number of carbonyl (C=O) groups excluding carboxylic acids is 1. The molecular weight excluding hydrogens is 520 g/mol. The van der Waals surface area contributed by atoms with E-state index in [2.05, 4.69) is 15.3 Å². The molecule has 0 saturated carbocycles. The number of anilines is 1. The number of hydrogen-bond donors (Lipinski definition) is 1. The van der Waals surface area contributed by atoms with Gasteiger partial charge in [0, 0.05) is 35.5 Å². The molecule has 5 rings (SSSR count). The number of ether oxygens (including phenoxy) is 3. The molecule has 9 heteroatoms. The number of aromatic nitrogens is 3. The van der Waals surface area contributed by atoms with Crippen molar-refractivity contribution in [3.8, 4) is 34.1 Å². The number of benzene rings is 2. The van der Waals surface area contributed by atoms with Crippen LogP contribution in [0.25, 0.3) is 22.0 Å². The molecule has 1 N–H and O–H groups in total. The quantitative estimate of drug-likeness (QED) is 0.238. The summed E-state index contributed by atoms with van der Waals surface area (Å²) in [6.07, 6.45) is 4.75. The fourth-order valence-electron chi connectivity index (χ4n) is 4.42. The number of methoxy groups -OCH3 is 2. The Bertz CT molecular complexity index is 1780. The minimum atomic E-state index is -0.380. The number of hydrogen-bond acceptors (Lipinski definition) is 7. The molecule has 3 aromatic heterocycles. The van der Waals surface area contributed by atoms with Crippen LogP contribution >= 0.6 is 0 Å². The topological polar surface area (TPSA) is 105 Å². The summed E-state index contributed by atoms with van der Waals surface area (Å²) in [5.41, 5.74) is 3.18. The van der Waals surface area contributed by atoms with Gasteiger partial charge in [-0.05, 0) is 56.7 Å². The van der Waals surface area contributed by atoms with Gasteiger partial charge in [0.1, 0.15) is 17.3 Å². The lowest BCUT2D eigenvalue weighted by atomic mass is 10.0. The second-order valence-electron chi connectivity index (χ2n) is 9.78. The Balaban J connectivity index is 1.38. The van der Waals surface area contributed by atoms with E-state index in [1.54, 1.807) is 67.6 Å². The molecule has 1 amide bonds. The second-order valence-corrected chi connectivity index (χ2v) is 9.78. The van der Waals surface area contributed by atoms with Crippen LogP contribution in [-0.2, 0) is 0 Å². The van der Waals surface area contributed by atoms with Crippen molar-refractivity contribution in [3.63, 3.8) is 0 Å². The summed E-state index contributed by atoms with van der Waals surface area (Å²) in [5.74, 6) is 2.13. The van der Waals surface area contributed by atoms with Gasteiger partial charge >= 0.3 is 0 Å². The van der Waals surface area contributed by atoms with Crippen molar-refractivity contribution in [3.05, 3.63) is 101 Å². The van der Waals surface area contributed by atoms with Crippen LogP contribution in [0.3, 0.4) is 0 Å². The third-order valence-electron chi connectivity index (χ3n) is 6.64. The molecule has 41 heavy (non-hydrogen) atoms. The van der Waals surface area contributed by atoms with E-state index in [1.807, 2.05) is 45.0 Å². The van der Waals surface area contributed by atoms with E-state index in [0.717, 1.165) is 16.5 Å². The maximum Gasteiger partial charge on any atom is 0.258 e. The maximum atomic E-state index is 13.2. The van der Waals surface area contributed by atoms with Crippen molar-refractivity contribution in [2.75, 3.05) is 19.5 Å². The van der Waals surface area contributed by atoms with Gasteiger partial charge in [0.25, 0.3) is 11.5 Å². The SMILES string of the molecule is COc1cc2nccc(Oc3ccc(NC(=O)c4cc(-c5ccc(C)cc5)c(=O)n(C(C)C)c4)nc3)c2cc1OC. The number of carbonyl (C=O) groups is 1. The molecule has 0 aliphatic rings. The number of amides is 1. The van der Waals surface area contributed by atoms with Crippen LogP contribution < -0.4 is 25.1 Å². The largest absolute Gasteiger partial charge is 0.493 e. The summed E-state index contributed by atoms with van der Waals surface area (Å²) in [6.45, 7) is 5.79. The maximum absolute atomic E-state index is 13.2. The van der Waals surface area contributed by atoms with Crippen molar-refractivity contribution in [1.29, 1.82) is 0 Å². The molecule has 2 aromatic carbocycles. The van der Waals surface area contributed by atoms with E-state index in [9.17, 15) is 9.59 Å². The van der Waals surface area contributed by atoms with Gasteiger partial charge in [0.2, 0.25) is 0 Å². The highest BCUT2D eigenvalue weighted by Gasteiger charge is 2.16. The average molecular weight is 551 g/mol. The first kappa shape index (κ1) is 27.4. The fraction of sp³-hybridized carbons (Fsp3) is 0.188. The van der Waals surface area contributed by atoms with E-state index < -0.39 is 0 Å². The Morgan fingerprint density at radius 2 is 1.63 bits per heavy atom. The summed E-state index contributed by atoms with van der Waals surface area (Å²) >= 11 is 0. The lowest BCUT2D eigenvalue weighted by molar-refractivity contribution is 0.102. The zero-order valence-corrected chi connectivity index (χ0v) is 23.5. The summed E-state index contributed by atoms with van der Waals surface area (Å²) < 4.78 is 18.4. The highest BCUT2D eigenvalue weighted by Crippen LogP contribution is 2.36. The molecule has 0 aliphatic carbocycles. The Kier molecular flexibility index (Phi) is 7.69. The van der Waals surface area contributed by atoms with Gasteiger partial charge < -0.3 is 24.1 Å². The molecule has 0 radical (unpaired) electrons. The Hall–Kier alpha value is -5.18. The zero-order chi connectivity index (χ0) is 29.1. The molecule has 208 valence electrons. The molecule has 5 aromatic rings. The van der Waals surface area contributed by atoms with Crippen molar-refractivity contribution in [2.24, 2.45) is 0 Å². The van der Waals surface area contributed by atoms with Crippen LogP contribution in [0, 0.1) is 6.92 Å². The molecule has 0 bridgehead atoms. The third-order valence-corrected chi connectivity index (χ3v) is 6.64. The van der Waals surface area contributed by atoms with Gasteiger partial charge in [-0.3, -0.25) is 14.6 Å². The summed E-state index contributed by atoms with van der Waals surface area (Å²) in [5, 5.41) is 3.56. The Labute approximate surface area is 237 Å². The van der Waals surface area contributed by atoms with E-state index in [1.165, 1.54) is 6.20 Å². The predicted molar refractivity (Wildman–Crippen MR) is 158 cm³/mol. The number of nitrogens with one attached hydrogen (secondary N) is 1. The highest BCUT2D eigenvalue weighted by molar-refractivity contribution is 6.04. The van der Waals surface area contributed by atoms with E-state index in [0.29, 0.717) is 45.5 Å². The first-order valence-electron chi connectivity index (χ1n) is 13.1. The van der Waals surface area contributed by atoms with Crippen molar-refractivity contribution >= 4 is 22.6 Å². The normalized spacial score (nSPS) is 11.0. The molecule has 0 unspecified atom stereocenters. The van der Waals surface area contributed by atoms with Crippen molar-refractivity contribution in [1.82, 2.24) is 14.5 Å². The average Bonchev–Trinajstić information content (AvgIpc) is 2.98. The molecule has 9 nitrogen and oxygen atoms in total. The standard InChI is InChI=1S/C32H30N4O5/c1-19(2)36-18-22(14-24(32(36)38)21-8-6-20(3)7-9-21)31(37)35-30-11-10-23(17-34-30)41-27-12-13-33-26-16-29(40-5)28(39-4)15-25(26)27/h6-19H,1-5H3,(H,34,35,37). The number of nitrogens with zero attached hydrogens (tertiary/aromatic N) is 3. The number of fused-ring (bicyclic) bond motifs is 1. The lowest BCUT2D eigenvalue weighted by Gasteiger charge is -2.15. The van der Waals surface area contributed by atoms with Crippen LogP contribution in [0.15, 0.2) is 84.0 Å². The minimum Gasteiger partial charge on any atom is -0.493 e. The van der Waals surface area contributed by atoms with Crippen LogP contribution in [0.5, 0.6) is 23.0 Å². The van der Waals surface area contributed by atoms with Crippen molar-refractivity contribution < 1.29 is 19.0 Å². The van der Waals surface area contributed by atoms with Gasteiger partial charge in [-0.2, -0.15) is 0 Å². The minimum absolute atomic E-state index is 0.126. The van der Waals surface area contributed by atoms with Crippen LogP contribution in [0.2, 0.25) is 0 Å². The van der Waals surface area contributed by atoms with Crippen LogP contribution in [-0.4, -0.2) is 34.7 Å². The molecule has 0 spiro atoms. The number of rotatable bonds is 8. The third kappa shape index (κ3) is 5.74. The molecule has 0 atom stereocenters. The summed E-state index contributed by atoms with van der Waals surface area (Å²) in [7, 11) is 3.14. The van der Waals surface area contributed by atoms with E-state index in [4.69, 9.17) is 14.2 Å². The number of pyridine rings is 3. The van der Waals surface area contributed by atoms with Gasteiger partial charge in [0.15, 0.2) is 11.5 Å². The fourth-order valence-corrected chi connectivity index (χ4v) is 4.42. The molecule has 0 aliphatic heterocycles. The van der Waals surface area contributed by atoms with E-state index in [-0.39, 0.29) is 17.5 Å². The molecule has 3 heterocycles. The zero-order valence-electron chi connectivity index (χ0n) is 23.5. The summed E-state index contributed by atoms with van der Waals surface area (Å²) in [4.78, 5) is 35.2. The molecule has 0 fully saturated rings. The van der Waals surface area contributed by atoms with Crippen molar-refractivity contribution in [2.45, 2.75) is 26.8 Å². The van der Waals surface area contributed by atoms with Gasteiger partial charge in [-0.15, -0.1) is 0 Å². The molecular formula is C32H30N4O5. The van der Waals surface area contributed by atoms with Crippen LogP contribution in [0.4, 0.5) is 5.82 Å². The number of aryl methyl sites for hydroxylation is 1. The Morgan fingerprint density at radius 3 is 2.29 bits per heavy atom. The Morgan fingerprint density at radius 1 is 0.902 bits per heavy atom. The monoisotopic (exact) mass is 550 g/mol. The highest BCUT2D eigenvalue weighted by atomic mass is 16.5. The lowest BCUT2D eigenvalue weighted by Crippen LogP contribution is -2.26. The van der Waals surface area contributed by atoms with Crippen LogP contribution in [0.1, 0.15) is 35.8 Å². The predicted octanol–water partition coefficient (Wildman–Crippen LogP) is 6.41. The first-order chi connectivity index (χ1) is 19.8. The van der Waals surface area contributed by atoms with Gasteiger partial charge in [0.05, 0.1) is 31.5 Å². The summed E-state index contributed by atoms with van der Waals surface area (Å²) in [6, 6.07) is 17.9. The molecule has 0 saturated heterocycles.